The van der Waals surface area contributed by atoms with Crippen molar-refractivity contribution >= 4 is 35.4 Å². The minimum atomic E-state index is -1.02. The number of para-hydroxylation sites is 1. The SMILES string of the molecule is CSCC[C@H](NC(=O)c1ccc(CN2CC(SC)C[C@H]2COc2ccccc2)cc1-c1ccccc1C)C(=O)O. The molecular weight excluding hydrogens is 540 g/mol. The van der Waals surface area contributed by atoms with Crippen molar-refractivity contribution in [2.24, 2.45) is 0 Å². The Morgan fingerprint density at radius 2 is 1.80 bits per heavy atom. The molecule has 1 fully saturated rings. The third kappa shape index (κ3) is 7.83. The molecule has 6 nitrogen and oxygen atoms in total. The van der Waals surface area contributed by atoms with Crippen LogP contribution >= 0.6 is 23.5 Å². The van der Waals surface area contributed by atoms with Gasteiger partial charge in [0.1, 0.15) is 18.4 Å². The molecule has 1 amide bonds. The second kappa shape index (κ2) is 14.6. The molecule has 1 heterocycles. The number of likely N-dealkylation sites (tertiary alicyclic amines) is 1. The van der Waals surface area contributed by atoms with Gasteiger partial charge in [-0.3, -0.25) is 9.69 Å². The van der Waals surface area contributed by atoms with Crippen LogP contribution in [0.5, 0.6) is 5.75 Å². The first-order valence-corrected chi connectivity index (χ1v) is 16.2. The summed E-state index contributed by atoms with van der Waals surface area (Å²) < 4.78 is 6.14. The quantitative estimate of drug-likeness (QED) is 0.258. The van der Waals surface area contributed by atoms with Crippen LogP contribution in [0.1, 0.15) is 34.3 Å². The number of rotatable bonds is 13. The highest BCUT2D eigenvalue weighted by Crippen LogP contribution is 2.32. The van der Waals surface area contributed by atoms with Crippen molar-refractivity contribution in [1.29, 1.82) is 0 Å². The first-order valence-electron chi connectivity index (χ1n) is 13.6. The number of ether oxygens (including phenoxy) is 1. The van der Waals surface area contributed by atoms with Crippen LogP contribution in [0.4, 0.5) is 0 Å². The summed E-state index contributed by atoms with van der Waals surface area (Å²) in [7, 11) is 0. The molecule has 1 unspecified atom stereocenters. The van der Waals surface area contributed by atoms with Crippen molar-refractivity contribution in [3.63, 3.8) is 0 Å². The molecule has 0 saturated carbocycles. The Hall–Kier alpha value is -2.94. The molecule has 0 spiro atoms. The van der Waals surface area contributed by atoms with Crippen molar-refractivity contribution in [3.8, 4) is 16.9 Å². The predicted octanol–water partition coefficient (Wildman–Crippen LogP) is 5.98. The number of aryl methyl sites for hydroxylation is 1. The average molecular weight is 579 g/mol. The normalized spacial score (nSPS) is 17.9. The number of carbonyl (C=O) groups excluding carboxylic acids is 1. The lowest BCUT2D eigenvalue weighted by Crippen LogP contribution is -2.41. The molecule has 0 bridgehead atoms. The van der Waals surface area contributed by atoms with E-state index in [2.05, 4.69) is 22.5 Å². The van der Waals surface area contributed by atoms with Crippen molar-refractivity contribution in [3.05, 3.63) is 89.5 Å². The lowest BCUT2D eigenvalue weighted by atomic mass is 9.93. The molecule has 1 saturated heterocycles. The Balaban J connectivity index is 1.59. The summed E-state index contributed by atoms with van der Waals surface area (Å²) in [5.41, 5.74) is 4.44. The molecule has 3 atom stereocenters. The average Bonchev–Trinajstić information content (AvgIpc) is 3.36. The fraction of sp³-hybridized carbons (Fsp3) is 0.375. The molecule has 1 aliphatic rings. The number of carboxylic acids is 1. The van der Waals surface area contributed by atoms with E-state index in [0.717, 1.165) is 47.5 Å². The third-order valence-corrected chi connectivity index (χ3v) is 9.02. The van der Waals surface area contributed by atoms with Gasteiger partial charge in [-0.25, -0.2) is 4.79 Å². The number of carboxylic acid groups (broad SMARTS) is 1. The fourth-order valence-electron chi connectivity index (χ4n) is 5.13. The number of amides is 1. The Morgan fingerprint density at radius 1 is 1.05 bits per heavy atom. The number of thioether (sulfide) groups is 2. The Kier molecular flexibility index (Phi) is 11.0. The van der Waals surface area contributed by atoms with Crippen LogP contribution in [0.3, 0.4) is 0 Å². The molecular formula is C32H38N2O4S2. The summed E-state index contributed by atoms with van der Waals surface area (Å²) in [6.45, 7) is 4.37. The summed E-state index contributed by atoms with van der Waals surface area (Å²) in [5, 5.41) is 13.0. The summed E-state index contributed by atoms with van der Waals surface area (Å²) in [5.74, 6) is 0.154. The zero-order chi connectivity index (χ0) is 28.5. The fourth-order valence-corrected chi connectivity index (χ4v) is 6.36. The first-order chi connectivity index (χ1) is 19.4. The second-order valence-corrected chi connectivity index (χ2v) is 12.3. The highest BCUT2D eigenvalue weighted by atomic mass is 32.2. The maximum atomic E-state index is 13.4. The van der Waals surface area contributed by atoms with E-state index >= 15 is 0 Å². The van der Waals surface area contributed by atoms with Gasteiger partial charge < -0.3 is 15.2 Å². The largest absolute Gasteiger partial charge is 0.492 e. The van der Waals surface area contributed by atoms with Crippen LogP contribution < -0.4 is 10.1 Å². The van der Waals surface area contributed by atoms with E-state index in [9.17, 15) is 14.7 Å². The smallest absolute Gasteiger partial charge is 0.326 e. The van der Waals surface area contributed by atoms with Gasteiger partial charge in [0.15, 0.2) is 0 Å². The van der Waals surface area contributed by atoms with Crippen LogP contribution in [0.25, 0.3) is 11.1 Å². The van der Waals surface area contributed by atoms with Gasteiger partial charge in [-0.05, 0) is 84.5 Å². The zero-order valence-electron chi connectivity index (χ0n) is 23.3. The first kappa shape index (κ1) is 30.0. The molecule has 3 aromatic carbocycles. The predicted molar refractivity (Wildman–Crippen MR) is 167 cm³/mol. The maximum Gasteiger partial charge on any atom is 0.326 e. The Morgan fingerprint density at radius 3 is 2.50 bits per heavy atom. The molecule has 0 radical (unpaired) electrons. The van der Waals surface area contributed by atoms with Gasteiger partial charge in [-0.1, -0.05) is 48.5 Å². The zero-order valence-corrected chi connectivity index (χ0v) is 25.0. The van der Waals surface area contributed by atoms with E-state index < -0.39 is 12.0 Å². The Labute approximate surface area is 245 Å². The van der Waals surface area contributed by atoms with E-state index in [0.29, 0.717) is 29.6 Å². The van der Waals surface area contributed by atoms with Crippen LogP contribution in [-0.4, -0.2) is 70.6 Å². The van der Waals surface area contributed by atoms with E-state index in [1.165, 1.54) is 0 Å². The number of carbonyl (C=O) groups is 2. The van der Waals surface area contributed by atoms with Crippen LogP contribution in [0.15, 0.2) is 72.8 Å². The van der Waals surface area contributed by atoms with Gasteiger partial charge in [0.25, 0.3) is 5.91 Å². The minimum absolute atomic E-state index is 0.287. The van der Waals surface area contributed by atoms with Crippen LogP contribution in [0.2, 0.25) is 0 Å². The molecule has 4 rings (SSSR count). The lowest BCUT2D eigenvalue weighted by molar-refractivity contribution is -0.139. The number of nitrogens with zero attached hydrogens (tertiary/aromatic N) is 1. The lowest BCUT2D eigenvalue weighted by Gasteiger charge is -2.25. The second-order valence-electron chi connectivity index (χ2n) is 10.1. The Bertz CT molecular complexity index is 1290. The van der Waals surface area contributed by atoms with Gasteiger partial charge in [0.2, 0.25) is 0 Å². The topological polar surface area (TPSA) is 78.9 Å². The molecule has 1 aliphatic heterocycles. The summed E-state index contributed by atoms with van der Waals surface area (Å²) >= 11 is 3.46. The molecule has 2 N–H and O–H groups in total. The number of benzene rings is 3. The van der Waals surface area contributed by atoms with E-state index in [1.807, 2.05) is 91.7 Å². The summed E-state index contributed by atoms with van der Waals surface area (Å²) in [6.07, 6.45) is 5.52. The van der Waals surface area contributed by atoms with Gasteiger partial charge in [0, 0.05) is 29.9 Å². The number of nitrogens with one attached hydrogen (secondary N) is 1. The molecule has 3 aromatic rings. The minimum Gasteiger partial charge on any atom is -0.492 e. The molecule has 0 aliphatic carbocycles. The van der Waals surface area contributed by atoms with Gasteiger partial charge in [0.05, 0.1) is 0 Å². The van der Waals surface area contributed by atoms with Gasteiger partial charge in [-0.2, -0.15) is 23.5 Å². The monoisotopic (exact) mass is 578 g/mol. The molecule has 212 valence electrons. The summed E-state index contributed by atoms with van der Waals surface area (Å²) in [6, 6.07) is 23.2. The highest BCUT2D eigenvalue weighted by molar-refractivity contribution is 7.99. The molecule has 40 heavy (non-hydrogen) atoms. The highest BCUT2D eigenvalue weighted by Gasteiger charge is 2.32. The van der Waals surface area contributed by atoms with Crippen molar-refractivity contribution in [2.75, 3.05) is 31.4 Å². The third-order valence-electron chi connectivity index (χ3n) is 7.37. The van der Waals surface area contributed by atoms with Crippen molar-refractivity contribution < 1.29 is 19.4 Å². The van der Waals surface area contributed by atoms with Gasteiger partial charge in [-0.15, -0.1) is 0 Å². The number of hydrogen-bond acceptors (Lipinski definition) is 6. The number of hydrogen-bond donors (Lipinski definition) is 2. The van der Waals surface area contributed by atoms with E-state index in [4.69, 9.17) is 4.74 Å². The van der Waals surface area contributed by atoms with Crippen molar-refractivity contribution in [2.45, 2.75) is 43.6 Å². The standard InChI is InChI=1S/C32H38N2O4S2/c1-22-9-7-8-12-27(22)29-17-23(13-14-28(29)31(35)33-30(32(36)37)15-16-39-2)19-34-20-26(40-3)18-24(34)21-38-25-10-5-4-6-11-25/h4-14,17,24,26,30H,15-16,18-21H2,1-3H3,(H,33,35)(H,36,37)/t24-,26?,30-/m0/s1. The maximum absolute atomic E-state index is 13.4. The molecule has 8 heteroatoms. The number of aliphatic carboxylic acids is 1. The van der Waals surface area contributed by atoms with E-state index in [1.54, 1.807) is 11.8 Å². The molecule has 0 aromatic heterocycles. The summed E-state index contributed by atoms with van der Waals surface area (Å²) in [4.78, 5) is 27.7. The van der Waals surface area contributed by atoms with E-state index in [-0.39, 0.29) is 11.9 Å². The van der Waals surface area contributed by atoms with Crippen molar-refractivity contribution in [1.82, 2.24) is 10.2 Å². The van der Waals surface area contributed by atoms with Crippen LogP contribution in [-0.2, 0) is 11.3 Å². The van der Waals surface area contributed by atoms with Gasteiger partial charge >= 0.3 is 5.97 Å². The van der Waals surface area contributed by atoms with Crippen LogP contribution in [0, 0.1) is 6.92 Å².